The highest BCUT2D eigenvalue weighted by Crippen LogP contribution is 2.47. The Bertz CT molecular complexity index is 925. The monoisotopic (exact) mass is 380 g/mol. The van der Waals surface area contributed by atoms with Crippen molar-refractivity contribution in [1.29, 1.82) is 0 Å². The Balaban J connectivity index is 1.62. The smallest absolute Gasteiger partial charge is 0.376 e. The van der Waals surface area contributed by atoms with Crippen molar-refractivity contribution >= 4 is 7.60 Å². The second-order valence-corrected chi connectivity index (χ2v) is 8.51. The van der Waals surface area contributed by atoms with E-state index in [-0.39, 0.29) is 6.61 Å². The van der Waals surface area contributed by atoms with E-state index in [2.05, 4.69) is 4.98 Å². The molecule has 1 aromatic heterocycles. The first-order valence-electron chi connectivity index (χ1n) is 8.22. The molecular formula is C17H21N2O6P. The standard InChI is InChI=1S/C17H21N2O6P/c1-17(12-23-26(2,22)25-13-6-4-3-5-7-13)10-8-15(24-17)19-11-9-14(20)18-16(19)21/h3-7,9,11,15H,8,10,12H2,1-2H3,(H,18,20,21)/t15-,17+,26?/m1/s1. The summed E-state index contributed by atoms with van der Waals surface area (Å²) in [7, 11) is -3.31. The molecule has 0 aliphatic carbocycles. The molecule has 1 fully saturated rings. The highest BCUT2D eigenvalue weighted by Gasteiger charge is 2.39. The van der Waals surface area contributed by atoms with E-state index in [1.54, 1.807) is 24.3 Å². The molecule has 9 heteroatoms. The van der Waals surface area contributed by atoms with E-state index < -0.39 is 30.7 Å². The number of aromatic nitrogens is 2. The minimum Gasteiger partial charge on any atom is -0.425 e. The highest BCUT2D eigenvalue weighted by molar-refractivity contribution is 7.53. The minimum absolute atomic E-state index is 0.0578. The highest BCUT2D eigenvalue weighted by atomic mass is 31.2. The molecule has 1 N–H and O–H groups in total. The number of nitrogens with one attached hydrogen (secondary N) is 1. The molecule has 0 radical (unpaired) electrons. The van der Waals surface area contributed by atoms with E-state index in [9.17, 15) is 14.2 Å². The number of ether oxygens (including phenoxy) is 1. The zero-order valence-corrected chi connectivity index (χ0v) is 15.5. The number of hydrogen-bond acceptors (Lipinski definition) is 6. The molecule has 8 nitrogen and oxygen atoms in total. The van der Waals surface area contributed by atoms with Gasteiger partial charge in [0.1, 0.15) is 12.0 Å². The van der Waals surface area contributed by atoms with Crippen LogP contribution in [0.1, 0.15) is 26.0 Å². The van der Waals surface area contributed by atoms with E-state index in [0.29, 0.717) is 18.6 Å². The predicted octanol–water partition coefficient (Wildman–Crippen LogP) is 2.52. The molecule has 0 spiro atoms. The molecule has 2 heterocycles. The summed E-state index contributed by atoms with van der Waals surface area (Å²) in [5.41, 5.74) is -1.70. The lowest BCUT2D eigenvalue weighted by atomic mass is 10.0. The first-order valence-corrected chi connectivity index (χ1v) is 10.2. The summed E-state index contributed by atoms with van der Waals surface area (Å²) in [5, 5.41) is 0. The SMILES string of the molecule is C[C@@]1(COP(C)(=O)Oc2ccccc2)CC[C@H](n2ccc(=O)[nH]c2=O)O1. The molecular weight excluding hydrogens is 359 g/mol. The number of H-pyrrole nitrogens is 1. The number of benzene rings is 1. The van der Waals surface area contributed by atoms with Crippen LogP contribution in [0.15, 0.2) is 52.2 Å². The van der Waals surface area contributed by atoms with Crippen molar-refractivity contribution in [2.45, 2.75) is 31.6 Å². The summed E-state index contributed by atoms with van der Waals surface area (Å²) < 4.78 is 30.8. The van der Waals surface area contributed by atoms with Crippen LogP contribution >= 0.6 is 7.60 Å². The van der Waals surface area contributed by atoms with Gasteiger partial charge in [-0.15, -0.1) is 0 Å². The number of para-hydroxylation sites is 1. The van der Waals surface area contributed by atoms with Crippen LogP contribution in [0.25, 0.3) is 0 Å². The van der Waals surface area contributed by atoms with Gasteiger partial charge >= 0.3 is 13.3 Å². The predicted molar refractivity (Wildman–Crippen MR) is 95.6 cm³/mol. The topological polar surface area (TPSA) is 99.6 Å². The maximum atomic E-state index is 12.5. The normalized spacial score (nSPS) is 24.9. The molecule has 1 aliphatic heterocycles. The van der Waals surface area contributed by atoms with Gasteiger partial charge in [0.2, 0.25) is 0 Å². The summed E-state index contributed by atoms with van der Waals surface area (Å²) in [6.45, 7) is 3.29. The average molecular weight is 380 g/mol. The molecule has 0 saturated carbocycles. The molecule has 1 aliphatic rings. The fraction of sp³-hybridized carbons (Fsp3) is 0.412. The molecule has 3 rings (SSSR count). The molecule has 1 unspecified atom stereocenters. The summed E-state index contributed by atoms with van der Waals surface area (Å²) >= 11 is 0. The van der Waals surface area contributed by atoms with Crippen molar-refractivity contribution in [2.24, 2.45) is 0 Å². The first kappa shape index (κ1) is 18.6. The molecule has 0 amide bonds. The van der Waals surface area contributed by atoms with E-state index in [1.165, 1.54) is 23.5 Å². The van der Waals surface area contributed by atoms with Crippen molar-refractivity contribution in [3.63, 3.8) is 0 Å². The molecule has 1 saturated heterocycles. The largest absolute Gasteiger partial charge is 0.425 e. The lowest BCUT2D eigenvalue weighted by Crippen LogP contribution is -2.34. The Morgan fingerprint density at radius 1 is 1.31 bits per heavy atom. The molecule has 26 heavy (non-hydrogen) atoms. The van der Waals surface area contributed by atoms with Gasteiger partial charge in [0.25, 0.3) is 5.56 Å². The Morgan fingerprint density at radius 3 is 2.73 bits per heavy atom. The van der Waals surface area contributed by atoms with E-state index in [4.69, 9.17) is 13.8 Å². The van der Waals surface area contributed by atoms with Crippen LogP contribution in [0.2, 0.25) is 0 Å². The van der Waals surface area contributed by atoms with Crippen LogP contribution in [-0.4, -0.2) is 28.4 Å². The Morgan fingerprint density at radius 2 is 2.04 bits per heavy atom. The zero-order valence-electron chi connectivity index (χ0n) is 14.6. The maximum absolute atomic E-state index is 12.5. The van der Waals surface area contributed by atoms with Crippen LogP contribution in [0, 0.1) is 0 Å². The third kappa shape index (κ3) is 4.52. The fourth-order valence-corrected chi connectivity index (χ4v) is 3.85. The van der Waals surface area contributed by atoms with Crippen molar-refractivity contribution < 1.29 is 18.3 Å². The van der Waals surface area contributed by atoms with Gasteiger partial charge in [-0.2, -0.15) is 0 Å². The molecule has 140 valence electrons. The first-order chi connectivity index (χ1) is 12.3. The van der Waals surface area contributed by atoms with Crippen LogP contribution in [0.3, 0.4) is 0 Å². The number of rotatable bonds is 6. The third-order valence-electron chi connectivity index (χ3n) is 4.12. The quantitative estimate of drug-likeness (QED) is 0.773. The van der Waals surface area contributed by atoms with Crippen LogP contribution in [-0.2, 0) is 13.8 Å². The molecule has 3 atom stereocenters. The number of nitrogens with zero attached hydrogens (tertiary/aromatic N) is 1. The van der Waals surface area contributed by atoms with Crippen LogP contribution < -0.4 is 15.8 Å². The Kier molecular flexibility index (Phi) is 5.18. The van der Waals surface area contributed by atoms with E-state index in [0.717, 1.165) is 0 Å². The van der Waals surface area contributed by atoms with Gasteiger partial charge in [0.15, 0.2) is 0 Å². The number of hydrogen-bond donors (Lipinski definition) is 1. The average Bonchev–Trinajstić information content (AvgIpc) is 2.96. The molecule has 2 aromatic rings. The van der Waals surface area contributed by atoms with Gasteiger partial charge in [-0.1, -0.05) is 18.2 Å². The van der Waals surface area contributed by atoms with Gasteiger partial charge < -0.3 is 9.26 Å². The molecule has 1 aromatic carbocycles. The Hall–Kier alpha value is -2.15. The Labute approximate surface area is 150 Å². The minimum atomic E-state index is -3.31. The summed E-state index contributed by atoms with van der Waals surface area (Å²) in [5.74, 6) is 0.466. The van der Waals surface area contributed by atoms with Gasteiger partial charge in [-0.05, 0) is 31.9 Å². The van der Waals surface area contributed by atoms with E-state index >= 15 is 0 Å². The summed E-state index contributed by atoms with van der Waals surface area (Å²) in [6, 6.07) is 10.1. The van der Waals surface area contributed by atoms with Gasteiger partial charge in [-0.25, -0.2) is 9.36 Å². The van der Waals surface area contributed by atoms with Crippen molar-refractivity contribution in [2.75, 3.05) is 13.3 Å². The maximum Gasteiger partial charge on any atom is 0.376 e. The fourth-order valence-electron chi connectivity index (χ4n) is 2.78. The van der Waals surface area contributed by atoms with E-state index in [1.807, 2.05) is 13.0 Å². The van der Waals surface area contributed by atoms with Crippen molar-refractivity contribution in [1.82, 2.24) is 9.55 Å². The van der Waals surface area contributed by atoms with Crippen molar-refractivity contribution in [3.05, 3.63) is 63.4 Å². The second-order valence-electron chi connectivity index (χ2n) is 6.53. The third-order valence-corrected chi connectivity index (χ3v) is 5.26. The summed E-state index contributed by atoms with van der Waals surface area (Å²) in [4.78, 5) is 25.3. The van der Waals surface area contributed by atoms with Crippen LogP contribution in [0.5, 0.6) is 5.75 Å². The van der Waals surface area contributed by atoms with Crippen molar-refractivity contribution in [3.8, 4) is 5.75 Å². The van der Waals surface area contributed by atoms with Crippen LogP contribution in [0.4, 0.5) is 0 Å². The molecule has 0 bridgehead atoms. The van der Waals surface area contributed by atoms with Gasteiger partial charge in [0, 0.05) is 18.9 Å². The second kappa shape index (κ2) is 7.23. The van der Waals surface area contributed by atoms with Gasteiger partial charge in [-0.3, -0.25) is 18.9 Å². The lowest BCUT2D eigenvalue weighted by Gasteiger charge is -2.26. The zero-order chi connectivity index (χ0) is 18.8. The lowest BCUT2D eigenvalue weighted by molar-refractivity contribution is -0.0840. The summed E-state index contributed by atoms with van der Waals surface area (Å²) in [6.07, 6.45) is 2.06. The number of aromatic amines is 1. The van der Waals surface area contributed by atoms with Gasteiger partial charge in [0.05, 0.1) is 12.2 Å².